The second-order valence-electron chi connectivity index (χ2n) is 7.55. The van der Waals surface area contributed by atoms with Crippen LogP contribution in [0.15, 0.2) is 71.7 Å². The van der Waals surface area contributed by atoms with Gasteiger partial charge in [0.2, 0.25) is 5.43 Å². The van der Waals surface area contributed by atoms with Crippen molar-refractivity contribution in [3.8, 4) is 11.5 Å². The van der Waals surface area contributed by atoms with Crippen LogP contribution in [0.25, 0.3) is 10.9 Å². The van der Waals surface area contributed by atoms with Gasteiger partial charge in [-0.2, -0.15) is 0 Å². The van der Waals surface area contributed by atoms with Gasteiger partial charge >= 0.3 is 5.97 Å². The number of carbonyl (C=O) groups excluding carboxylic acids is 1. The largest absolute Gasteiger partial charge is 0.493 e. The third-order valence-electron chi connectivity index (χ3n) is 5.35. The van der Waals surface area contributed by atoms with Crippen molar-refractivity contribution in [2.24, 2.45) is 0 Å². The Bertz CT molecular complexity index is 1400. The smallest absolute Gasteiger partial charge is 0.343 e. The van der Waals surface area contributed by atoms with Crippen LogP contribution in [-0.2, 0) is 17.9 Å². The predicted molar refractivity (Wildman–Crippen MR) is 132 cm³/mol. The number of esters is 1. The Morgan fingerprint density at radius 1 is 0.853 bits per heavy atom. The van der Waals surface area contributed by atoms with E-state index < -0.39 is 11.4 Å². The van der Waals surface area contributed by atoms with E-state index in [1.54, 1.807) is 53.1 Å². The minimum Gasteiger partial charge on any atom is -0.493 e. The minimum atomic E-state index is -0.721. The lowest BCUT2D eigenvalue weighted by Crippen LogP contribution is -2.21. The number of methoxy groups -OCH3 is 2. The number of ether oxygens (including phenoxy) is 3. The molecule has 0 fully saturated rings. The molecule has 174 valence electrons. The number of hydrogen-bond acceptors (Lipinski definition) is 5. The summed E-state index contributed by atoms with van der Waals surface area (Å²) in [6.45, 7) is 0.400. The van der Waals surface area contributed by atoms with Crippen molar-refractivity contribution in [1.82, 2.24) is 4.57 Å². The van der Waals surface area contributed by atoms with Gasteiger partial charge in [-0.05, 0) is 41.5 Å². The van der Waals surface area contributed by atoms with Gasteiger partial charge in [0.05, 0.1) is 25.1 Å². The zero-order valence-electron chi connectivity index (χ0n) is 18.5. The molecule has 1 heterocycles. The number of halogens is 2. The van der Waals surface area contributed by atoms with Crippen LogP contribution in [0.1, 0.15) is 21.5 Å². The molecule has 0 atom stereocenters. The number of rotatable bonds is 7. The molecular weight excluding hydrogens is 477 g/mol. The molecule has 1 aromatic heterocycles. The molecule has 0 aliphatic rings. The van der Waals surface area contributed by atoms with E-state index in [0.29, 0.717) is 39.0 Å². The summed E-state index contributed by atoms with van der Waals surface area (Å²) in [6.07, 6.45) is 1.51. The second kappa shape index (κ2) is 10.2. The SMILES string of the molecule is COc1cc2c(=O)c(C(=O)OCc3ccc(Cl)cc3)cn(Cc3ccc(Cl)cc3)c2cc1OC. The van der Waals surface area contributed by atoms with Crippen molar-refractivity contribution >= 4 is 40.1 Å². The van der Waals surface area contributed by atoms with E-state index in [0.717, 1.165) is 11.1 Å². The van der Waals surface area contributed by atoms with Gasteiger partial charge in [0.15, 0.2) is 11.5 Å². The molecular formula is C26H21Cl2NO5. The summed E-state index contributed by atoms with van der Waals surface area (Å²) < 4.78 is 18.0. The summed E-state index contributed by atoms with van der Waals surface area (Å²) in [5.74, 6) is 0.135. The van der Waals surface area contributed by atoms with Gasteiger partial charge in [0.25, 0.3) is 0 Å². The lowest BCUT2D eigenvalue weighted by atomic mass is 10.1. The highest BCUT2D eigenvalue weighted by Gasteiger charge is 2.19. The molecule has 0 aliphatic heterocycles. The highest BCUT2D eigenvalue weighted by Crippen LogP contribution is 2.31. The lowest BCUT2D eigenvalue weighted by molar-refractivity contribution is 0.0470. The quantitative estimate of drug-likeness (QED) is 0.305. The molecule has 4 rings (SSSR count). The van der Waals surface area contributed by atoms with Crippen LogP contribution in [0.2, 0.25) is 10.0 Å². The zero-order valence-corrected chi connectivity index (χ0v) is 20.0. The predicted octanol–water partition coefficient (Wildman–Crippen LogP) is 5.73. The second-order valence-corrected chi connectivity index (χ2v) is 8.43. The molecule has 6 nitrogen and oxygen atoms in total. The first kappa shape index (κ1) is 23.7. The molecule has 0 N–H and O–H groups in total. The molecule has 0 aliphatic carbocycles. The van der Waals surface area contributed by atoms with Crippen LogP contribution in [0.5, 0.6) is 11.5 Å². The topological polar surface area (TPSA) is 66.8 Å². The average Bonchev–Trinajstić information content (AvgIpc) is 2.85. The van der Waals surface area contributed by atoms with E-state index in [1.165, 1.54) is 20.4 Å². The molecule has 0 saturated heterocycles. The van der Waals surface area contributed by atoms with E-state index in [-0.39, 0.29) is 12.2 Å². The van der Waals surface area contributed by atoms with Gasteiger partial charge in [-0.3, -0.25) is 4.79 Å². The fraction of sp³-hybridized carbons (Fsp3) is 0.154. The summed E-state index contributed by atoms with van der Waals surface area (Å²) in [5, 5.41) is 1.51. The number of benzene rings is 3. The Morgan fingerprint density at radius 3 is 2.00 bits per heavy atom. The van der Waals surface area contributed by atoms with Crippen LogP contribution in [0, 0.1) is 0 Å². The molecule has 0 amide bonds. The maximum Gasteiger partial charge on any atom is 0.343 e. The first-order valence-electron chi connectivity index (χ1n) is 10.3. The van der Waals surface area contributed by atoms with Crippen molar-refractivity contribution in [3.05, 3.63) is 104 Å². The van der Waals surface area contributed by atoms with Crippen molar-refractivity contribution in [2.45, 2.75) is 13.2 Å². The molecule has 0 bridgehead atoms. The van der Waals surface area contributed by atoms with Gasteiger partial charge in [-0.1, -0.05) is 47.5 Å². The van der Waals surface area contributed by atoms with Crippen LogP contribution in [0.3, 0.4) is 0 Å². The first-order chi connectivity index (χ1) is 16.4. The van der Waals surface area contributed by atoms with Crippen molar-refractivity contribution in [3.63, 3.8) is 0 Å². The molecule has 8 heteroatoms. The molecule has 0 unspecified atom stereocenters. The van der Waals surface area contributed by atoms with Gasteiger partial charge in [0, 0.05) is 28.9 Å². The third kappa shape index (κ3) is 5.03. The number of aromatic nitrogens is 1. The van der Waals surface area contributed by atoms with Crippen molar-refractivity contribution in [1.29, 1.82) is 0 Å². The zero-order chi connectivity index (χ0) is 24.2. The van der Waals surface area contributed by atoms with Gasteiger partial charge < -0.3 is 18.8 Å². The summed E-state index contributed by atoms with van der Waals surface area (Å²) in [4.78, 5) is 26.2. The summed E-state index contributed by atoms with van der Waals surface area (Å²) in [7, 11) is 3.01. The molecule has 34 heavy (non-hydrogen) atoms. The Morgan fingerprint density at radius 2 is 1.41 bits per heavy atom. The Hall–Kier alpha value is -3.48. The summed E-state index contributed by atoms with van der Waals surface area (Å²) in [6, 6.07) is 17.5. The maximum atomic E-state index is 13.3. The highest BCUT2D eigenvalue weighted by molar-refractivity contribution is 6.30. The van der Waals surface area contributed by atoms with E-state index >= 15 is 0 Å². The molecule has 3 aromatic carbocycles. The van der Waals surface area contributed by atoms with Gasteiger partial charge in [-0.25, -0.2) is 4.79 Å². The van der Waals surface area contributed by atoms with Crippen LogP contribution in [-0.4, -0.2) is 24.8 Å². The minimum absolute atomic E-state index is 0.0105. The monoisotopic (exact) mass is 497 g/mol. The normalized spacial score (nSPS) is 10.8. The van der Waals surface area contributed by atoms with Crippen LogP contribution >= 0.6 is 23.2 Å². The fourth-order valence-electron chi connectivity index (χ4n) is 3.59. The first-order valence-corrected chi connectivity index (χ1v) is 11.1. The van der Waals surface area contributed by atoms with Gasteiger partial charge in [0.1, 0.15) is 12.2 Å². The number of carbonyl (C=O) groups is 1. The van der Waals surface area contributed by atoms with Crippen LogP contribution in [0.4, 0.5) is 0 Å². The van der Waals surface area contributed by atoms with Gasteiger partial charge in [-0.15, -0.1) is 0 Å². The van der Waals surface area contributed by atoms with E-state index in [9.17, 15) is 9.59 Å². The van der Waals surface area contributed by atoms with Crippen molar-refractivity contribution in [2.75, 3.05) is 14.2 Å². The number of hydrogen-bond donors (Lipinski definition) is 0. The number of fused-ring (bicyclic) bond motifs is 1. The number of pyridine rings is 1. The molecule has 4 aromatic rings. The Kier molecular flexibility index (Phi) is 7.10. The average molecular weight is 498 g/mol. The maximum absolute atomic E-state index is 13.3. The molecule has 0 saturated carbocycles. The molecule has 0 spiro atoms. The highest BCUT2D eigenvalue weighted by atomic mass is 35.5. The Balaban J connectivity index is 1.78. The lowest BCUT2D eigenvalue weighted by Gasteiger charge is -2.16. The Labute approximate surface area is 206 Å². The van der Waals surface area contributed by atoms with E-state index in [1.807, 2.05) is 12.1 Å². The summed E-state index contributed by atoms with van der Waals surface area (Å²) >= 11 is 11.9. The fourth-order valence-corrected chi connectivity index (χ4v) is 3.84. The van der Waals surface area contributed by atoms with E-state index in [2.05, 4.69) is 0 Å². The molecule has 0 radical (unpaired) electrons. The number of nitrogens with zero attached hydrogens (tertiary/aromatic N) is 1. The standard InChI is InChI=1S/C26H21Cl2NO5/c1-32-23-11-20-22(12-24(23)33-2)29(13-16-3-7-18(27)8-4-16)14-21(25(20)30)26(31)34-15-17-5-9-19(28)10-6-17/h3-12,14H,13,15H2,1-2H3. The van der Waals surface area contributed by atoms with E-state index in [4.69, 9.17) is 37.4 Å². The summed E-state index contributed by atoms with van der Waals surface area (Å²) in [5.41, 5.74) is 1.75. The van der Waals surface area contributed by atoms with Crippen LogP contribution < -0.4 is 14.9 Å². The van der Waals surface area contributed by atoms with Crippen molar-refractivity contribution < 1.29 is 19.0 Å². The third-order valence-corrected chi connectivity index (χ3v) is 5.86.